The SMILES string of the molecule is COc1ccccc1S(=O)(=O)N[C@H](CO)C(C)C. The molecule has 0 aromatic heterocycles. The monoisotopic (exact) mass is 273 g/mol. The molecule has 2 N–H and O–H groups in total. The maximum absolute atomic E-state index is 12.2. The van der Waals surface area contributed by atoms with E-state index >= 15 is 0 Å². The maximum Gasteiger partial charge on any atom is 0.244 e. The zero-order valence-corrected chi connectivity index (χ0v) is 11.6. The molecular weight excluding hydrogens is 254 g/mol. The summed E-state index contributed by atoms with van der Waals surface area (Å²) in [4.78, 5) is 0.0756. The van der Waals surface area contributed by atoms with Crippen LogP contribution in [0.25, 0.3) is 0 Å². The van der Waals surface area contributed by atoms with Gasteiger partial charge in [0, 0.05) is 6.04 Å². The van der Waals surface area contributed by atoms with Crippen LogP contribution in [-0.2, 0) is 10.0 Å². The highest BCUT2D eigenvalue weighted by Gasteiger charge is 2.24. The first-order chi connectivity index (χ1) is 8.42. The van der Waals surface area contributed by atoms with Gasteiger partial charge in [-0.1, -0.05) is 26.0 Å². The van der Waals surface area contributed by atoms with E-state index in [0.29, 0.717) is 0 Å². The fourth-order valence-corrected chi connectivity index (χ4v) is 3.03. The topological polar surface area (TPSA) is 75.6 Å². The first kappa shape index (κ1) is 14.9. The zero-order valence-electron chi connectivity index (χ0n) is 10.8. The van der Waals surface area contributed by atoms with Gasteiger partial charge < -0.3 is 9.84 Å². The predicted octanol–water partition coefficient (Wildman–Crippen LogP) is 0.990. The molecule has 18 heavy (non-hydrogen) atoms. The molecule has 0 amide bonds. The lowest BCUT2D eigenvalue weighted by molar-refractivity contribution is 0.227. The van der Waals surface area contributed by atoms with Gasteiger partial charge in [0.2, 0.25) is 10.0 Å². The van der Waals surface area contributed by atoms with E-state index in [4.69, 9.17) is 4.74 Å². The molecule has 0 saturated heterocycles. The summed E-state index contributed by atoms with van der Waals surface area (Å²) in [5.74, 6) is 0.282. The number of hydrogen-bond donors (Lipinski definition) is 2. The number of hydrogen-bond acceptors (Lipinski definition) is 4. The highest BCUT2D eigenvalue weighted by Crippen LogP contribution is 2.23. The van der Waals surface area contributed by atoms with Gasteiger partial charge in [-0.15, -0.1) is 0 Å². The van der Waals surface area contributed by atoms with Gasteiger partial charge >= 0.3 is 0 Å². The Balaban J connectivity index is 3.06. The summed E-state index contributed by atoms with van der Waals surface area (Å²) in [7, 11) is -2.28. The number of ether oxygens (including phenoxy) is 1. The van der Waals surface area contributed by atoms with Crippen molar-refractivity contribution < 1.29 is 18.3 Å². The molecule has 1 rings (SSSR count). The zero-order chi connectivity index (χ0) is 13.8. The fraction of sp³-hybridized carbons (Fsp3) is 0.500. The number of aliphatic hydroxyl groups is 1. The first-order valence-electron chi connectivity index (χ1n) is 5.68. The number of aliphatic hydroxyl groups excluding tert-OH is 1. The highest BCUT2D eigenvalue weighted by atomic mass is 32.2. The quantitative estimate of drug-likeness (QED) is 0.810. The Labute approximate surface area is 108 Å². The Morgan fingerprint density at radius 2 is 1.94 bits per heavy atom. The predicted molar refractivity (Wildman–Crippen MR) is 69.0 cm³/mol. The second-order valence-electron chi connectivity index (χ2n) is 4.31. The molecule has 102 valence electrons. The lowest BCUT2D eigenvalue weighted by Crippen LogP contribution is -2.41. The van der Waals surface area contributed by atoms with Crippen molar-refractivity contribution in [1.82, 2.24) is 4.72 Å². The van der Waals surface area contributed by atoms with Crippen LogP contribution in [0.2, 0.25) is 0 Å². The number of nitrogens with one attached hydrogen (secondary N) is 1. The molecule has 1 aromatic rings. The van der Waals surface area contributed by atoms with Gasteiger partial charge in [0.05, 0.1) is 13.7 Å². The van der Waals surface area contributed by atoms with Crippen molar-refractivity contribution >= 4 is 10.0 Å². The van der Waals surface area contributed by atoms with Gasteiger partial charge in [0.1, 0.15) is 10.6 Å². The van der Waals surface area contributed by atoms with Crippen LogP contribution in [0.4, 0.5) is 0 Å². The van der Waals surface area contributed by atoms with Crippen LogP contribution in [-0.4, -0.2) is 33.3 Å². The van der Waals surface area contributed by atoms with Crippen LogP contribution in [0.15, 0.2) is 29.2 Å². The third-order valence-electron chi connectivity index (χ3n) is 2.67. The van der Waals surface area contributed by atoms with Gasteiger partial charge in [-0.05, 0) is 18.1 Å². The molecule has 0 aliphatic heterocycles. The van der Waals surface area contributed by atoms with Crippen LogP contribution in [0.3, 0.4) is 0 Å². The van der Waals surface area contributed by atoms with E-state index < -0.39 is 16.1 Å². The van der Waals surface area contributed by atoms with E-state index in [0.717, 1.165) is 0 Å². The third kappa shape index (κ3) is 3.44. The standard InChI is InChI=1S/C12H19NO4S/c1-9(2)10(8-14)13-18(15,16)12-7-5-4-6-11(12)17-3/h4-7,9-10,13-14H,8H2,1-3H3/t10-/m1/s1. The normalized spacial score (nSPS) is 13.6. The number of benzene rings is 1. The summed E-state index contributed by atoms with van der Waals surface area (Å²) in [5.41, 5.74) is 0. The second kappa shape index (κ2) is 6.17. The largest absolute Gasteiger partial charge is 0.495 e. The molecular formula is C12H19NO4S. The summed E-state index contributed by atoms with van der Waals surface area (Å²) in [6.45, 7) is 3.43. The minimum absolute atomic E-state index is 0.000479. The number of rotatable bonds is 6. The smallest absolute Gasteiger partial charge is 0.244 e. The molecule has 1 atom stereocenters. The van der Waals surface area contributed by atoms with Gasteiger partial charge in [-0.25, -0.2) is 13.1 Å². The van der Waals surface area contributed by atoms with Crippen molar-refractivity contribution in [3.8, 4) is 5.75 Å². The van der Waals surface area contributed by atoms with Crippen LogP contribution in [0, 0.1) is 5.92 Å². The summed E-state index contributed by atoms with van der Waals surface area (Å²) in [5, 5.41) is 9.17. The molecule has 0 unspecified atom stereocenters. The number of methoxy groups -OCH3 is 1. The van der Waals surface area contributed by atoms with Gasteiger partial charge in [0.25, 0.3) is 0 Å². The van der Waals surface area contributed by atoms with Crippen molar-refractivity contribution in [1.29, 1.82) is 0 Å². The average molecular weight is 273 g/mol. The Hall–Kier alpha value is -1.11. The van der Waals surface area contributed by atoms with Crippen LogP contribution in [0.5, 0.6) is 5.75 Å². The molecule has 0 fully saturated rings. The van der Waals surface area contributed by atoms with Gasteiger partial charge in [-0.2, -0.15) is 0 Å². The molecule has 0 spiro atoms. The minimum Gasteiger partial charge on any atom is -0.495 e. The van der Waals surface area contributed by atoms with E-state index in [1.165, 1.54) is 13.2 Å². The number of sulfonamides is 1. The molecule has 0 aliphatic carbocycles. The molecule has 5 nitrogen and oxygen atoms in total. The minimum atomic E-state index is -3.69. The van der Waals surface area contributed by atoms with Crippen molar-refractivity contribution in [2.75, 3.05) is 13.7 Å². The average Bonchev–Trinajstić information content (AvgIpc) is 2.35. The van der Waals surface area contributed by atoms with E-state index in [1.54, 1.807) is 18.2 Å². The van der Waals surface area contributed by atoms with Crippen LogP contribution in [0.1, 0.15) is 13.8 Å². The summed E-state index contributed by atoms with van der Waals surface area (Å²) in [6.07, 6.45) is 0. The van der Waals surface area contributed by atoms with Crippen molar-refractivity contribution in [2.45, 2.75) is 24.8 Å². The summed E-state index contributed by atoms with van der Waals surface area (Å²) < 4.78 is 31.9. The molecule has 0 aliphatic rings. The Morgan fingerprint density at radius 1 is 1.33 bits per heavy atom. The molecule has 0 bridgehead atoms. The Kier molecular flexibility index (Phi) is 5.13. The third-order valence-corrected chi connectivity index (χ3v) is 4.20. The summed E-state index contributed by atoms with van der Waals surface area (Å²) in [6, 6.07) is 5.86. The number of para-hydroxylation sites is 1. The Morgan fingerprint density at radius 3 is 2.44 bits per heavy atom. The van der Waals surface area contributed by atoms with E-state index in [2.05, 4.69) is 4.72 Å². The molecule has 0 saturated carbocycles. The molecule has 0 radical (unpaired) electrons. The molecule has 0 heterocycles. The van der Waals surface area contributed by atoms with Crippen LogP contribution >= 0.6 is 0 Å². The first-order valence-corrected chi connectivity index (χ1v) is 7.17. The lowest BCUT2D eigenvalue weighted by Gasteiger charge is -2.20. The van der Waals surface area contributed by atoms with Gasteiger partial charge in [-0.3, -0.25) is 0 Å². The van der Waals surface area contributed by atoms with E-state index in [1.807, 2.05) is 13.8 Å². The lowest BCUT2D eigenvalue weighted by atomic mass is 10.1. The van der Waals surface area contributed by atoms with Crippen molar-refractivity contribution in [3.63, 3.8) is 0 Å². The van der Waals surface area contributed by atoms with Crippen molar-refractivity contribution in [2.24, 2.45) is 5.92 Å². The summed E-state index contributed by atoms with van der Waals surface area (Å²) >= 11 is 0. The second-order valence-corrected chi connectivity index (χ2v) is 5.99. The Bertz CT molecular complexity index is 485. The van der Waals surface area contributed by atoms with Gasteiger partial charge in [0.15, 0.2) is 0 Å². The van der Waals surface area contributed by atoms with Crippen molar-refractivity contribution in [3.05, 3.63) is 24.3 Å². The van der Waals surface area contributed by atoms with Crippen LogP contribution < -0.4 is 9.46 Å². The highest BCUT2D eigenvalue weighted by molar-refractivity contribution is 7.89. The molecule has 1 aromatic carbocycles. The maximum atomic E-state index is 12.2. The van der Waals surface area contributed by atoms with E-state index in [9.17, 15) is 13.5 Å². The van der Waals surface area contributed by atoms with E-state index in [-0.39, 0.29) is 23.2 Å². The molecule has 6 heteroatoms. The fourth-order valence-electron chi connectivity index (χ4n) is 1.49.